The van der Waals surface area contributed by atoms with Gasteiger partial charge in [0.2, 0.25) is 64.8 Å². The molecule has 4 fully saturated rings. The van der Waals surface area contributed by atoms with E-state index in [0.29, 0.717) is 87.6 Å². The van der Waals surface area contributed by atoms with Crippen LogP contribution in [0.1, 0.15) is 105 Å². The van der Waals surface area contributed by atoms with Crippen molar-refractivity contribution < 1.29 is 96.4 Å². The first kappa shape index (κ1) is 109. The van der Waals surface area contributed by atoms with E-state index >= 15 is 0 Å². The van der Waals surface area contributed by atoms with Crippen molar-refractivity contribution in [3.8, 4) is 96.9 Å². The van der Waals surface area contributed by atoms with Crippen molar-refractivity contribution in [3.05, 3.63) is 251 Å². The van der Waals surface area contributed by atoms with Crippen LogP contribution in [0.15, 0.2) is 212 Å². The average molecular weight is 2030 g/mol. The van der Waals surface area contributed by atoms with E-state index in [0.717, 1.165) is 91.0 Å². The van der Waals surface area contributed by atoms with E-state index in [1.165, 1.54) is 146 Å². The maximum absolute atomic E-state index is 12.2. The molecule has 12 heterocycles. The maximum atomic E-state index is 12.2. The minimum Gasteiger partial charge on any atom is -0.481 e. The van der Waals surface area contributed by atoms with Gasteiger partial charge < -0.3 is 55.6 Å². The molecule has 12 aromatic rings. The molecule has 1 atom stereocenters. The van der Waals surface area contributed by atoms with Crippen LogP contribution in [-0.2, 0) is 68.0 Å². The predicted molar refractivity (Wildman–Crippen MR) is 498 cm³/mol. The molecule has 4 aliphatic rings. The zero-order valence-electron chi connectivity index (χ0n) is 78.7. The van der Waals surface area contributed by atoms with Crippen LogP contribution >= 0.6 is 0 Å². The Hall–Kier alpha value is -16.7. The minimum atomic E-state index is -4.83. The molecule has 16 rings (SSSR count). The van der Waals surface area contributed by atoms with Crippen molar-refractivity contribution in [1.82, 2.24) is 120 Å². The van der Waals surface area contributed by atoms with E-state index in [1.54, 1.807) is 50.5 Å². The second kappa shape index (κ2) is 50.1. The number of aromatic nitrogens is 18. The standard InChI is InChI=1S/C17H16F2N4O3.C17H18F2N4O3.C16H18N4O2.C15H15F3N4O3.C15H18N4O3.C14H13F3N4O3/c18-16(19)26-14-3-1-10(8-20-14)11-2-4-15(25)23(22-11)9-13(24)21-12-7-17(12)5-6-17;1-17(7-2-8-17)21-13(24)10-23-15(25)6-4-12(22-23)11-3-5-14(20-9-11)26-16(18)19;1-2-17-15(21)10-20-16(22)8-7-14(19-20)12-5-6-13(18-9-12)11-3-4-11;1-2-19-12(23)8-22-14(24)6-4-11(21-22)10-3-5-13(20-7-10)25-9-15(16,17)18;1-10(2)17-13(20)9-19-15(21)7-5-12(18-19)11-4-6-14(22-3)16-8-11;1-2-18-11(22)8-21-13(23)6-4-10(20-21)9-3-5-12(19-7-9)24-14(15,16)17/h1-4,8,12,16H,5-7,9H2,(H,21,24);3-6,9,16H,2,7-8,10H2,1H3,(H,21,24);5-9,11H,2-4,10H2,1H3,(H,17,21);3-7H,2,8-9H2,1H3,(H,19,23);4-8,10H,9H2,1-3H3,(H,17,20);3-7H,2,8H2,1H3,(H,18,22). The second-order valence-corrected chi connectivity index (χ2v) is 33.1. The number of halogens is 10. The molecule has 0 aliphatic heterocycles. The van der Waals surface area contributed by atoms with E-state index in [9.17, 15) is 101 Å². The van der Waals surface area contributed by atoms with Gasteiger partial charge in [0.1, 0.15) is 39.3 Å². The summed E-state index contributed by atoms with van der Waals surface area (Å²) >= 11 is 0. The fraction of sp³-hybridized carbons (Fsp3) is 0.362. The number of likely N-dealkylation sites (N-methyl/N-ethyl adjacent to an activating group) is 3. The van der Waals surface area contributed by atoms with Gasteiger partial charge in [-0.05, 0) is 177 Å². The quantitative estimate of drug-likeness (QED) is 0.0210. The van der Waals surface area contributed by atoms with E-state index in [1.807, 2.05) is 39.8 Å². The molecule has 0 aromatic carbocycles. The fourth-order valence-corrected chi connectivity index (χ4v) is 13.7. The van der Waals surface area contributed by atoms with Crippen molar-refractivity contribution >= 4 is 35.4 Å². The monoisotopic (exact) mass is 2020 g/mol. The molecule has 0 radical (unpaired) electrons. The summed E-state index contributed by atoms with van der Waals surface area (Å²) in [6.07, 6.45) is 7.78. The fourth-order valence-electron chi connectivity index (χ4n) is 13.7. The minimum absolute atomic E-state index is 0.0113. The Morgan fingerprint density at radius 3 is 0.986 bits per heavy atom. The van der Waals surface area contributed by atoms with Gasteiger partial charge in [-0.25, -0.2) is 53.0 Å². The second-order valence-electron chi connectivity index (χ2n) is 33.1. The third-order valence-corrected chi connectivity index (χ3v) is 21.3. The average Bonchev–Trinajstić information content (AvgIpc) is 1.55. The van der Waals surface area contributed by atoms with Crippen molar-refractivity contribution in [1.29, 1.82) is 0 Å². The Balaban J connectivity index is 0.000000166. The van der Waals surface area contributed by atoms with E-state index < -0.39 is 60.5 Å². The van der Waals surface area contributed by atoms with Gasteiger partial charge in [-0.1, -0.05) is 0 Å². The van der Waals surface area contributed by atoms with Crippen molar-refractivity contribution in [2.45, 2.75) is 181 Å². The number of ether oxygens (including phenoxy) is 5. The summed E-state index contributed by atoms with van der Waals surface area (Å²) in [5, 5.41) is 41.2. The van der Waals surface area contributed by atoms with Gasteiger partial charge in [-0.2, -0.15) is 61.3 Å². The first-order valence-electron chi connectivity index (χ1n) is 44.9. The number of nitrogens with zero attached hydrogens (tertiary/aromatic N) is 18. The van der Waals surface area contributed by atoms with E-state index in [4.69, 9.17) is 4.74 Å². The van der Waals surface area contributed by atoms with Gasteiger partial charge in [0.05, 0.1) is 41.3 Å². The van der Waals surface area contributed by atoms with E-state index in [2.05, 4.69) is 111 Å². The Morgan fingerprint density at radius 1 is 0.400 bits per heavy atom. The molecule has 4 aliphatic carbocycles. The van der Waals surface area contributed by atoms with Gasteiger partial charge in [-0.15, -0.1) is 13.2 Å². The number of carbonyl (C=O) groups is 6. The highest BCUT2D eigenvalue weighted by atomic mass is 19.4. The highest BCUT2D eigenvalue weighted by Gasteiger charge is 2.63. The van der Waals surface area contributed by atoms with Crippen molar-refractivity contribution in [2.75, 3.05) is 33.4 Å². The molecule has 766 valence electrons. The molecule has 145 heavy (non-hydrogen) atoms. The Labute approximate surface area is 816 Å². The van der Waals surface area contributed by atoms with Crippen LogP contribution in [-0.4, -0.2) is 201 Å². The highest BCUT2D eigenvalue weighted by molar-refractivity contribution is 5.79. The van der Waals surface area contributed by atoms with Crippen LogP contribution in [0, 0.1) is 5.41 Å². The number of nitrogens with one attached hydrogen (secondary N) is 6. The Bertz CT molecular complexity index is 6850. The topological polar surface area (TPSA) is 507 Å². The zero-order valence-corrected chi connectivity index (χ0v) is 78.7. The van der Waals surface area contributed by atoms with Crippen molar-refractivity contribution in [3.63, 3.8) is 0 Å². The molecule has 4 saturated carbocycles. The first-order chi connectivity index (χ1) is 69.0. The molecular weight excluding hydrogens is 1930 g/mol. The smallest absolute Gasteiger partial charge is 0.481 e. The lowest BCUT2D eigenvalue weighted by Crippen LogP contribution is -2.52. The van der Waals surface area contributed by atoms with Gasteiger partial charge in [0, 0.05) is 186 Å². The van der Waals surface area contributed by atoms with E-state index in [-0.39, 0.29) is 127 Å². The summed E-state index contributed by atoms with van der Waals surface area (Å²) < 4.78 is 149. The molecule has 1 spiro atoms. The number of carbonyl (C=O) groups excluding carboxylic acids is 6. The van der Waals surface area contributed by atoms with Crippen molar-refractivity contribution in [2.24, 2.45) is 5.41 Å². The third-order valence-electron chi connectivity index (χ3n) is 21.3. The third kappa shape index (κ3) is 34.3. The number of hydrogen-bond donors (Lipinski definition) is 6. The summed E-state index contributed by atoms with van der Waals surface area (Å²) in [6, 6.07) is 35.3. The Kier molecular flexibility index (Phi) is 37.6. The van der Waals surface area contributed by atoms with Crippen LogP contribution < -0.4 is 88.9 Å². The molecule has 1 unspecified atom stereocenters. The molecule has 51 heteroatoms. The molecule has 0 saturated heterocycles. The molecule has 6 amide bonds. The summed E-state index contributed by atoms with van der Waals surface area (Å²) in [4.78, 5) is 165. The normalized spacial score (nSPS) is 13.7. The number of pyridine rings is 6. The molecular formula is C94H98F10N24O17. The lowest BCUT2D eigenvalue weighted by Gasteiger charge is -2.39. The molecule has 6 N–H and O–H groups in total. The Morgan fingerprint density at radius 2 is 0.717 bits per heavy atom. The van der Waals surface area contributed by atoms with Crippen LogP contribution in [0.2, 0.25) is 0 Å². The lowest BCUT2D eigenvalue weighted by molar-refractivity contribution is -0.276. The van der Waals surface area contributed by atoms with Crippen LogP contribution in [0.4, 0.5) is 43.9 Å². The summed E-state index contributed by atoms with van der Waals surface area (Å²) in [5.74, 6) is -1.87. The first-order valence-corrected chi connectivity index (χ1v) is 44.9. The maximum Gasteiger partial charge on any atom is 0.574 e. The SMILES string of the molecule is CC1(NC(=O)Cn2nc(-c3ccc(OC(F)F)nc3)ccc2=O)CCC1.CCNC(=O)Cn1nc(-c2ccc(C3CC3)nc2)ccc1=O.CCNC(=O)Cn1nc(-c2ccc(OC(F)(F)F)nc2)ccc1=O.CCNC(=O)Cn1nc(-c2ccc(OCC(F)(F)F)nc2)ccc1=O.COc1ccc(-c2ccc(=O)n(CC(=O)NC(C)C)n2)cn1.O=C(Cn1nc(-c2ccc(OC(F)F)nc2)ccc1=O)NC1CC12CC2. The molecule has 41 nitrogen and oxygen atoms in total. The molecule has 0 bridgehead atoms. The van der Waals surface area contributed by atoms with Gasteiger partial charge in [-0.3, -0.25) is 62.5 Å². The van der Waals surface area contributed by atoms with Gasteiger partial charge in [0.25, 0.3) is 33.4 Å². The summed E-state index contributed by atoms with van der Waals surface area (Å²) in [5.41, 5.74) is 4.94. The van der Waals surface area contributed by atoms with Crippen LogP contribution in [0.3, 0.4) is 0 Å². The van der Waals surface area contributed by atoms with Gasteiger partial charge in [0.15, 0.2) is 6.61 Å². The number of hydrogen-bond acceptors (Lipinski definition) is 29. The number of rotatable bonds is 33. The van der Waals surface area contributed by atoms with Gasteiger partial charge >= 0.3 is 25.8 Å². The lowest BCUT2D eigenvalue weighted by atomic mass is 9.78. The number of amides is 6. The number of alkyl halides is 10. The largest absolute Gasteiger partial charge is 0.574 e. The number of methoxy groups -OCH3 is 1. The van der Waals surface area contributed by atoms with Crippen LogP contribution in [0.5, 0.6) is 29.4 Å². The summed E-state index contributed by atoms with van der Waals surface area (Å²) in [6.45, 7) is 3.98. The van der Waals surface area contributed by atoms with Crippen LogP contribution in [0.25, 0.3) is 67.5 Å². The molecule has 12 aromatic heterocycles. The summed E-state index contributed by atoms with van der Waals surface area (Å²) in [7, 11) is 1.54. The highest BCUT2D eigenvalue weighted by Crippen LogP contribution is 2.66. The predicted octanol–water partition coefficient (Wildman–Crippen LogP) is 8.42. The zero-order chi connectivity index (χ0) is 105.